The van der Waals surface area contributed by atoms with Crippen LogP contribution in [0.15, 0.2) is 6.20 Å². The second-order valence-corrected chi connectivity index (χ2v) is 5.33. The minimum Gasteiger partial charge on any atom is -0.455 e. The van der Waals surface area contributed by atoms with E-state index >= 15 is 0 Å². The van der Waals surface area contributed by atoms with Gasteiger partial charge in [0.05, 0.1) is 6.20 Å². The van der Waals surface area contributed by atoms with Gasteiger partial charge >= 0.3 is 0 Å². The number of hydrogen-bond donors (Lipinski definition) is 0. The molecule has 0 saturated carbocycles. The average molecular weight is 383 g/mol. The summed E-state index contributed by atoms with van der Waals surface area (Å²) in [4.78, 5) is 3.79. The Balaban J connectivity index is 3.40. The summed E-state index contributed by atoms with van der Waals surface area (Å²) in [5.74, 6) is -1.65. The Morgan fingerprint density at radius 1 is 0.692 bits per heavy atom. The fourth-order valence-electron chi connectivity index (χ4n) is 1.67. The number of nitrogens with zero attached hydrogens (tertiary/aromatic N) is 1. The number of alkyl halides is 4. The highest BCUT2D eigenvalue weighted by Crippen LogP contribution is 2.45. The SMILES string of the molecule is CCC(F)Oc1cnc(OC(F)CC)c(OC(F)CC)c1OC(F)CC. The Hall–Kier alpha value is -1.93. The normalized spacial score (nSPS) is 15.7. The van der Waals surface area contributed by atoms with Crippen LogP contribution in [0.4, 0.5) is 17.6 Å². The van der Waals surface area contributed by atoms with Crippen LogP contribution in [0.1, 0.15) is 53.4 Å². The summed E-state index contributed by atoms with van der Waals surface area (Å²) >= 11 is 0. The minimum absolute atomic E-state index is 0.00377. The van der Waals surface area contributed by atoms with Crippen LogP contribution in [0.2, 0.25) is 0 Å². The molecule has 1 heterocycles. The van der Waals surface area contributed by atoms with E-state index in [0.29, 0.717) is 0 Å². The third-order valence-corrected chi connectivity index (χ3v) is 3.19. The summed E-state index contributed by atoms with van der Waals surface area (Å²) in [6, 6.07) is 0. The number of aromatic nitrogens is 1. The highest BCUT2D eigenvalue weighted by molar-refractivity contribution is 5.55. The fraction of sp³-hybridized carbons (Fsp3) is 0.706. The molecule has 4 unspecified atom stereocenters. The molecule has 0 saturated heterocycles. The maximum Gasteiger partial charge on any atom is 0.263 e. The molecule has 0 aliphatic carbocycles. The smallest absolute Gasteiger partial charge is 0.263 e. The molecule has 0 aromatic carbocycles. The van der Waals surface area contributed by atoms with Crippen molar-refractivity contribution in [1.82, 2.24) is 4.98 Å². The molecular weight excluding hydrogens is 358 g/mol. The van der Waals surface area contributed by atoms with Gasteiger partial charge in [-0.25, -0.2) is 22.5 Å². The van der Waals surface area contributed by atoms with Gasteiger partial charge in [0.1, 0.15) is 0 Å². The lowest BCUT2D eigenvalue weighted by Crippen LogP contribution is -2.18. The molecule has 0 fully saturated rings. The molecule has 4 atom stereocenters. The summed E-state index contributed by atoms with van der Waals surface area (Å²) < 4.78 is 75.0. The van der Waals surface area contributed by atoms with Crippen molar-refractivity contribution in [3.8, 4) is 23.1 Å². The van der Waals surface area contributed by atoms with Gasteiger partial charge in [0.15, 0.2) is 5.75 Å². The first-order chi connectivity index (χ1) is 12.4. The molecule has 0 spiro atoms. The van der Waals surface area contributed by atoms with Crippen LogP contribution in [0, 0.1) is 0 Å². The van der Waals surface area contributed by atoms with Crippen molar-refractivity contribution in [3.63, 3.8) is 0 Å². The lowest BCUT2D eigenvalue weighted by molar-refractivity contribution is 0.0133. The fourth-order valence-corrected chi connectivity index (χ4v) is 1.67. The Bertz CT molecular complexity index is 503. The molecular formula is C17H25F4NO4. The first kappa shape index (κ1) is 22.1. The molecule has 0 amide bonds. The van der Waals surface area contributed by atoms with Crippen molar-refractivity contribution in [2.45, 2.75) is 78.8 Å². The summed E-state index contributed by atoms with van der Waals surface area (Å²) in [5, 5.41) is 0. The van der Waals surface area contributed by atoms with Gasteiger partial charge in [0.2, 0.25) is 36.9 Å². The van der Waals surface area contributed by atoms with Crippen LogP contribution in [0.25, 0.3) is 0 Å². The monoisotopic (exact) mass is 383 g/mol. The molecule has 26 heavy (non-hydrogen) atoms. The van der Waals surface area contributed by atoms with E-state index in [4.69, 9.17) is 18.9 Å². The third-order valence-electron chi connectivity index (χ3n) is 3.19. The standard InChI is InChI=1S/C17H25F4NO4/c1-5-11(18)23-10-9-22-17(26-14(21)8-4)16(25-13(20)7-3)15(10)24-12(19)6-2/h9,11-14H,5-8H2,1-4H3. The molecule has 0 aliphatic heterocycles. The van der Waals surface area contributed by atoms with Crippen molar-refractivity contribution in [2.24, 2.45) is 0 Å². The molecule has 0 radical (unpaired) electrons. The largest absolute Gasteiger partial charge is 0.455 e. The first-order valence-corrected chi connectivity index (χ1v) is 8.61. The molecule has 5 nitrogen and oxygen atoms in total. The summed E-state index contributed by atoms with van der Waals surface area (Å²) in [6.07, 6.45) is -6.21. The van der Waals surface area contributed by atoms with Crippen molar-refractivity contribution < 1.29 is 36.5 Å². The number of rotatable bonds is 12. The van der Waals surface area contributed by atoms with E-state index in [9.17, 15) is 17.6 Å². The molecule has 9 heteroatoms. The highest BCUT2D eigenvalue weighted by Gasteiger charge is 2.27. The predicted molar refractivity (Wildman–Crippen MR) is 87.5 cm³/mol. The van der Waals surface area contributed by atoms with E-state index in [-0.39, 0.29) is 31.4 Å². The molecule has 0 bridgehead atoms. The van der Waals surface area contributed by atoms with Crippen molar-refractivity contribution >= 4 is 0 Å². The quantitative estimate of drug-likeness (QED) is 0.451. The van der Waals surface area contributed by atoms with Gasteiger partial charge in [-0.2, -0.15) is 0 Å². The Morgan fingerprint density at radius 2 is 1.12 bits per heavy atom. The van der Waals surface area contributed by atoms with Crippen LogP contribution in [-0.2, 0) is 0 Å². The molecule has 1 aromatic rings. The van der Waals surface area contributed by atoms with Gasteiger partial charge in [-0.15, -0.1) is 0 Å². The third kappa shape index (κ3) is 6.42. The number of ether oxygens (including phenoxy) is 4. The molecule has 150 valence electrons. The highest BCUT2D eigenvalue weighted by atomic mass is 19.2. The molecule has 0 aliphatic rings. The van der Waals surface area contributed by atoms with Gasteiger partial charge in [0.25, 0.3) is 5.88 Å². The second kappa shape index (κ2) is 10.9. The number of halogens is 4. The lowest BCUT2D eigenvalue weighted by Gasteiger charge is -2.22. The van der Waals surface area contributed by atoms with E-state index in [0.717, 1.165) is 6.20 Å². The zero-order chi connectivity index (χ0) is 19.7. The second-order valence-electron chi connectivity index (χ2n) is 5.33. The number of hydrogen-bond acceptors (Lipinski definition) is 5. The molecule has 0 N–H and O–H groups in total. The van der Waals surface area contributed by atoms with Crippen molar-refractivity contribution in [2.75, 3.05) is 0 Å². The van der Waals surface area contributed by atoms with E-state index in [2.05, 4.69) is 4.98 Å². The summed E-state index contributed by atoms with van der Waals surface area (Å²) in [6.45, 7) is 6.06. The van der Waals surface area contributed by atoms with Gasteiger partial charge in [-0.1, -0.05) is 27.7 Å². The number of pyridine rings is 1. The van der Waals surface area contributed by atoms with E-state index < -0.39 is 42.8 Å². The Labute approximate surface area is 150 Å². The summed E-state index contributed by atoms with van der Waals surface area (Å²) in [5.41, 5.74) is 0. The predicted octanol–water partition coefficient (Wildman–Crippen LogP) is 5.42. The van der Waals surface area contributed by atoms with Crippen LogP contribution in [0.3, 0.4) is 0 Å². The van der Waals surface area contributed by atoms with Crippen LogP contribution in [0.5, 0.6) is 23.1 Å². The topological polar surface area (TPSA) is 49.8 Å². The zero-order valence-electron chi connectivity index (χ0n) is 15.3. The van der Waals surface area contributed by atoms with Gasteiger partial charge in [0, 0.05) is 25.7 Å². The van der Waals surface area contributed by atoms with Gasteiger partial charge < -0.3 is 18.9 Å². The Morgan fingerprint density at radius 3 is 1.62 bits per heavy atom. The van der Waals surface area contributed by atoms with E-state index in [1.54, 1.807) is 0 Å². The minimum atomic E-state index is -1.82. The Kier molecular flexibility index (Phi) is 9.29. The van der Waals surface area contributed by atoms with Crippen molar-refractivity contribution in [1.29, 1.82) is 0 Å². The van der Waals surface area contributed by atoms with Crippen LogP contribution in [-0.4, -0.2) is 30.4 Å². The maximum absolute atomic E-state index is 13.8. The maximum atomic E-state index is 13.8. The van der Waals surface area contributed by atoms with Crippen LogP contribution >= 0.6 is 0 Å². The zero-order valence-corrected chi connectivity index (χ0v) is 15.3. The first-order valence-electron chi connectivity index (χ1n) is 8.61. The van der Waals surface area contributed by atoms with Gasteiger partial charge in [-0.05, 0) is 0 Å². The van der Waals surface area contributed by atoms with E-state index in [1.165, 1.54) is 27.7 Å². The van der Waals surface area contributed by atoms with Crippen LogP contribution < -0.4 is 18.9 Å². The molecule has 1 aromatic heterocycles. The van der Waals surface area contributed by atoms with Gasteiger partial charge in [-0.3, -0.25) is 0 Å². The van der Waals surface area contributed by atoms with Crippen molar-refractivity contribution in [3.05, 3.63) is 6.20 Å². The summed E-state index contributed by atoms with van der Waals surface area (Å²) in [7, 11) is 0. The average Bonchev–Trinajstić information content (AvgIpc) is 2.65. The van der Waals surface area contributed by atoms with E-state index in [1.807, 2.05) is 0 Å². The molecule has 1 rings (SSSR count). The lowest BCUT2D eigenvalue weighted by atomic mass is 10.3.